The number of rotatable bonds is 7. The molecule has 2 aliphatic heterocycles. The number of hydrogen-bond acceptors (Lipinski definition) is 5. The van der Waals surface area contributed by atoms with Crippen LogP contribution in [0, 0.1) is 5.92 Å². The fraction of sp³-hybridized carbons (Fsp3) is 0.480. The lowest BCUT2D eigenvalue weighted by atomic mass is 10.1. The highest BCUT2D eigenvalue weighted by atomic mass is 16.6. The fourth-order valence-electron chi connectivity index (χ4n) is 4.12. The second-order valence-electron chi connectivity index (χ2n) is 8.67. The number of carbonyl (C=O) groups is 1. The van der Waals surface area contributed by atoms with E-state index in [-0.39, 0.29) is 5.91 Å². The first-order chi connectivity index (χ1) is 15.1. The summed E-state index contributed by atoms with van der Waals surface area (Å²) in [6.07, 6.45) is -0.437. The molecule has 0 saturated carbocycles. The van der Waals surface area contributed by atoms with Gasteiger partial charge in [0.05, 0.1) is 6.61 Å². The van der Waals surface area contributed by atoms with Crippen molar-refractivity contribution in [1.29, 1.82) is 0 Å². The van der Waals surface area contributed by atoms with Crippen molar-refractivity contribution in [1.82, 2.24) is 9.80 Å². The van der Waals surface area contributed by atoms with Gasteiger partial charge in [0.2, 0.25) is 0 Å². The van der Waals surface area contributed by atoms with Gasteiger partial charge in [-0.2, -0.15) is 0 Å². The van der Waals surface area contributed by atoms with Crippen LogP contribution in [0.4, 0.5) is 0 Å². The summed E-state index contributed by atoms with van der Waals surface area (Å²) < 4.78 is 17.3. The summed E-state index contributed by atoms with van der Waals surface area (Å²) in [5, 5.41) is 0. The SMILES string of the molecule is CC(C)CN(Cc1ccc2c(c1)OCCO2)C(=O)[C@@H]1CN(Cc2ccccc2)CCO1. The van der Waals surface area contributed by atoms with Gasteiger partial charge in [-0.3, -0.25) is 9.69 Å². The molecular weight excluding hydrogens is 392 g/mol. The Kier molecular flexibility index (Phi) is 7.10. The van der Waals surface area contributed by atoms with E-state index in [9.17, 15) is 4.79 Å². The Morgan fingerprint density at radius 2 is 1.81 bits per heavy atom. The van der Waals surface area contributed by atoms with E-state index in [1.807, 2.05) is 29.2 Å². The van der Waals surface area contributed by atoms with Gasteiger partial charge in [0, 0.05) is 32.7 Å². The van der Waals surface area contributed by atoms with Crippen LogP contribution in [-0.4, -0.2) is 61.3 Å². The highest BCUT2D eigenvalue weighted by Gasteiger charge is 2.31. The Morgan fingerprint density at radius 3 is 2.58 bits per heavy atom. The van der Waals surface area contributed by atoms with Gasteiger partial charge in [-0.05, 0) is 29.2 Å². The first-order valence-corrected chi connectivity index (χ1v) is 11.1. The van der Waals surface area contributed by atoms with Gasteiger partial charge in [0.1, 0.15) is 19.3 Å². The minimum Gasteiger partial charge on any atom is -0.486 e. The third-order valence-corrected chi connectivity index (χ3v) is 5.55. The first-order valence-electron chi connectivity index (χ1n) is 11.1. The Balaban J connectivity index is 1.43. The molecule has 2 aromatic carbocycles. The van der Waals surface area contributed by atoms with Crippen molar-refractivity contribution in [2.45, 2.75) is 33.0 Å². The molecule has 0 unspecified atom stereocenters. The molecule has 1 amide bonds. The second kappa shape index (κ2) is 10.2. The Labute approximate surface area is 184 Å². The molecule has 0 aliphatic carbocycles. The average Bonchev–Trinajstić information content (AvgIpc) is 2.79. The molecule has 1 fully saturated rings. The smallest absolute Gasteiger partial charge is 0.253 e. The number of hydrogen-bond donors (Lipinski definition) is 0. The largest absolute Gasteiger partial charge is 0.486 e. The Morgan fingerprint density at radius 1 is 1.03 bits per heavy atom. The number of carbonyl (C=O) groups excluding carboxylic acids is 1. The second-order valence-corrected chi connectivity index (χ2v) is 8.67. The molecule has 6 nitrogen and oxygen atoms in total. The lowest BCUT2D eigenvalue weighted by molar-refractivity contribution is -0.151. The minimum absolute atomic E-state index is 0.0568. The molecule has 2 heterocycles. The van der Waals surface area contributed by atoms with E-state index >= 15 is 0 Å². The fourth-order valence-corrected chi connectivity index (χ4v) is 4.12. The monoisotopic (exact) mass is 424 g/mol. The molecule has 0 bridgehead atoms. The van der Waals surface area contributed by atoms with Crippen molar-refractivity contribution in [2.75, 3.05) is 39.5 Å². The van der Waals surface area contributed by atoms with Crippen LogP contribution in [0.3, 0.4) is 0 Å². The van der Waals surface area contributed by atoms with Gasteiger partial charge in [0.25, 0.3) is 5.91 Å². The third-order valence-electron chi connectivity index (χ3n) is 5.55. The Hall–Kier alpha value is -2.57. The molecule has 0 radical (unpaired) electrons. The van der Waals surface area contributed by atoms with E-state index in [2.05, 4.69) is 43.0 Å². The van der Waals surface area contributed by atoms with Crippen LogP contribution >= 0.6 is 0 Å². The molecule has 1 saturated heterocycles. The van der Waals surface area contributed by atoms with E-state index in [1.54, 1.807) is 0 Å². The normalized spacial score (nSPS) is 18.7. The zero-order valence-corrected chi connectivity index (χ0v) is 18.5. The van der Waals surface area contributed by atoms with Gasteiger partial charge < -0.3 is 19.1 Å². The van der Waals surface area contributed by atoms with E-state index in [0.29, 0.717) is 45.4 Å². The predicted molar refractivity (Wildman–Crippen MR) is 119 cm³/mol. The van der Waals surface area contributed by atoms with Crippen LogP contribution in [-0.2, 0) is 22.6 Å². The van der Waals surface area contributed by atoms with Gasteiger partial charge in [0.15, 0.2) is 11.5 Å². The van der Waals surface area contributed by atoms with Gasteiger partial charge in [-0.25, -0.2) is 0 Å². The highest BCUT2D eigenvalue weighted by molar-refractivity contribution is 5.81. The standard InChI is InChI=1S/C25H32N2O4/c1-19(2)15-27(17-21-8-9-22-23(14-21)31-13-12-30-22)25(28)24-18-26(10-11-29-24)16-20-6-4-3-5-7-20/h3-9,14,19,24H,10-13,15-18H2,1-2H3/t24-/m0/s1. The van der Waals surface area contributed by atoms with Crippen molar-refractivity contribution < 1.29 is 19.0 Å². The van der Waals surface area contributed by atoms with Crippen LogP contribution in [0.5, 0.6) is 11.5 Å². The van der Waals surface area contributed by atoms with E-state index in [4.69, 9.17) is 14.2 Å². The molecular formula is C25H32N2O4. The quantitative estimate of drug-likeness (QED) is 0.682. The average molecular weight is 425 g/mol. The van der Waals surface area contributed by atoms with Crippen molar-refractivity contribution in [3.63, 3.8) is 0 Å². The maximum Gasteiger partial charge on any atom is 0.253 e. The van der Waals surface area contributed by atoms with Crippen LogP contribution in [0.15, 0.2) is 48.5 Å². The zero-order valence-electron chi connectivity index (χ0n) is 18.5. The molecule has 31 heavy (non-hydrogen) atoms. The number of fused-ring (bicyclic) bond motifs is 1. The molecule has 2 aromatic rings. The summed E-state index contributed by atoms with van der Waals surface area (Å²) in [6, 6.07) is 16.3. The number of amides is 1. The summed E-state index contributed by atoms with van der Waals surface area (Å²) in [7, 11) is 0. The molecule has 4 rings (SSSR count). The maximum atomic E-state index is 13.4. The molecule has 1 atom stereocenters. The molecule has 0 spiro atoms. The van der Waals surface area contributed by atoms with Crippen molar-refractivity contribution in [3.05, 3.63) is 59.7 Å². The molecule has 0 N–H and O–H groups in total. The number of benzene rings is 2. The van der Waals surface area contributed by atoms with Crippen LogP contribution in [0.1, 0.15) is 25.0 Å². The molecule has 6 heteroatoms. The first kappa shape index (κ1) is 21.7. The van der Waals surface area contributed by atoms with Crippen molar-refractivity contribution >= 4 is 5.91 Å². The summed E-state index contributed by atoms with van der Waals surface area (Å²) in [5.41, 5.74) is 2.29. The van der Waals surface area contributed by atoms with Gasteiger partial charge in [-0.15, -0.1) is 0 Å². The maximum absolute atomic E-state index is 13.4. The van der Waals surface area contributed by atoms with Crippen LogP contribution in [0.2, 0.25) is 0 Å². The molecule has 2 aliphatic rings. The van der Waals surface area contributed by atoms with Crippen molar-refractivity contribution in [2.24, 2.45) is 5.92 Å². The minimum atomic E-state index is -0.437. The number of morpholine rings is 1. The van der Waals surface area contributed by atoms with E-state index in [0.717, 1.165) is 30.2 Å². The predicted octanol–water partition coefficient (Wildman–Crippen LogP) is 3.34. The third kappa shape index (κ3) is 5.77. The Bertz CT molecular complexity index is 871. The molecule has 0 aromatic heterocycles. The summed E-state index contributed by atoms with van der Waals surface area (Å²) in [4.78, 5) is 17.7. The van der Waals surface area contributed by atoms with Crippen molar-refractivity contribution in [3.8, 4) is 11.5 Å². The topological polar surface area (TPSA) is 51.2 Å². The highest BCUT2D eigenvalue weighted by Crippen LogP contribution is 2.31. The van der Waals surface area contributed by atoms with Crippen LogP contribution in [0.25, 0.3) is 0 Å². The molecule has 166 valence electrons. The van der Waals surface area contributed by atoms with E-state index in [1.165, 1.54) is 5.56 Å². The van der Waals surface area contributed by atoms with Crippen LogP contribution < -0.4 is 9.47 Å². The lowest BCUT2D eigenvalue weighted by Crippen LogP contribution is -2.51. The summed E-state index contributed by atoms with van der Waals surface area (Å²) in [5.74, 6) is 1.94. The van der Waals surface area contributed by atoms with Gasteiger partial charge in [-0.1, -0.05) is 50.2 Å². The number of ether oxygens (including phenoxy) is 3. The van der Waals surface area contributed by atoms with Gasteiger partial charge >= 0.3 is 0 Å². The summed E-state index contributed by atoms with van der Waals surface area (Å²) in [6.45, 7) is 9.47. The lowest BCUT2D eigenvalue weighted by Gasteiger charge is -2.35. The summed E-state index contributed by atoms with van der Waals surface area (Å²) >= 11 is 0. The number of nitrogens with zero attached hydrogens (tertiary/aromatic N) is 2. The van der Waals surface area contributed by atoms with E-state index < -0.39 is 6.10 Å². The zero-order chi connectivity index (χ0) is 21.6.